The Bertz CT molecular complexity index is 146. The first-order valence-electron chi connectivity index (χ1n) is 2.37. The lowest BCUT2D eigenvalue weighted by atomic mass is 10.2. The summed E-state index contributed by atoms with van der Waals surface area (Å²) in [6, 6.07) is 10.0. The SMILES string of the molecule is O[CH]c1[c]cccc1. The van der Waals surface area contributed by atoms with Gasteiger partial charge in [0.05, 0.1) is 0 Å². The Balaban J connectivity index is 2.83. The van der Waals surface area contributed by atoms with Crippen LogP contribution in [0.5, 0.6) is 0 Å². The Labute approximate surface area is 48.6 Å². The van der Waals surface area contributed by atoms with E-state index in [1.165, 1.54) is 0 Å². The van der Waals surface area contributed by atoms with Crippen molar-refractivity contribution < 1.29 is 5.11 Å². The molecule has 1 N–H and O–H groups in total. The molecule has 0 aliphatic rings. The number of aliphatic hydroxyl groups is 1. The molecule has 0 fully saturated rings. The Morgan fingerprint density at radius 3 is 2.75 bits per heavy atom. The van der Waals surface area contributed by atoms with Crippen molar-refractivity contribution in [2.75, 3.05) is 0 Å². The minimum atomic E-state index is 0.715. The van der Waals surface area contributed by atoms with Crippen molar-refractivity contribution >= 4 is 0 Å². The number of hydrogen-bond donors (Lipinski definition) is 1. The quantitative estimate of drug-likeness (QED) is 0.573. The van der Waals surface area contributed by atoms with Gasteiger partial charge in [-0.2, -0.15) is 0 Å². The Kier molecular flexibility index (Phi) is 1.65. The zero-order valence-electron chi connectivity index (χ0n) is 4.33. The lowest BCUT2D eigenvalue weighted by Crippen LogP contribution is -1.75. The van der Waals surface area contributed by atoms with Crippen LogP contribution in [-0.4, -0.2) is 5.11 Å². The van der Waals surface area contributed by atoms with E-state index in [4.69, 9.17) is 5.11 Å². The smallest absolute Gasteiger partial charge is 0.110 e. The fraction of sp³-hybridized carbons (Fsp3) is 0. The molecule has 40 valence electrons. The molecule has 0 amide bonds. The van der Waals surface area contributed by atoms with E-state index in [0.717, 1.165) is 6.61 Å². The molecule has 0 heterocycles. The third-order valence-electron chi connectivity index (χ3n) is 0.872. The zero-order valence-corrected chi connectivity index (χ0v) is 4.33. The van der Waals surface area contributed by atoms with Gasteiger partial charge in [0.2, 0.25) is 0 Å². The van der Waals surface area contributed by atoms with E-state index < -0.39 is 0 Å². The van der Waals surface area contributed by atoms with Gasteiger partial charge in [0.25, 0.3) is 0 Å². The fourth-order valence-electron chi connectivity index (χ4n) is 0.488. The molecule has 0 spiro atoms. The van der Waals surface area contributed by atoms with E-state index in [1.807, 2.05) is 12.1 Å². The molecule has 0 saturated carbocycles. The van der Waals surface area contributed by atoms with E-state index in [2.05, 4.69) is 6.07 Å². The van der Waals surface area contributed by atoms with Gasteiger partial charge in [-0.3, -0.25) is 0 Å². The molecule has 0 atom stereocenters. The standard InChI is InChI=1S/C7H6O/c8-6-7-4-2-1-3-5-7/h1-4,6,8H. The highest BCUT2D eigenvalue weighted by atomic mass is 16.3. The van der Waals surface area contributed by atoms with Gasteiger partial charge >= 0.3 is 0 Å². The number of benzene rings is 1. The summed E-state index contributed by atoms with van der Waals surface area (Å²) in [4.78, 5) is 0. The van der Waals surface area contributed by atoms with Gasteiger partial charge in [0.1, 0.15) is 6.61 Å². The van der Waals surface area contributed by atoms with Gasteiger partial charge in [0, 0.05) is 0 Å². The first-order valence-corrected chi connectivity index (χ1v) is 2.37. The van der Waals surface area contributed by atoms with Crippen LogP contribution >= 0.6 is 0 Å². The van der Waals surface area contributed by atoms with Crippen molar-refractivity contribution in [1.29, 1.82) is 0 Å². The van der Waals surface area contributed by atoms with E-state index in [-0.39, 0.29) is 0 Å². The molecule has 0 saturated heterocycles. The predicted octanol–water partition coefficient (Wildman–Crippen LogP) is 1.37. The van der Waals surface area contributed by atoms with Gasteiger partial charge in [-0.05, 0) is 11.6 Å². The van der Waals surface area contributed by atoms with Gasteiger partial charge in [-0.25, -0.2) is 0 Å². The lowest BCUT2D eigenvalue weighted by molar-refractivity contribution is 0.414. The van der Waals surface area contributed by atoms with Crippen molar-refractivity contribution in [3.05, 3.63) is 42.5 Å². The Hall–Kier alpha value is -0.820. The molecule has 0 bridgehead atoms. The molecule has 0 aliphatic heterocycles. The largest absolute Gasteiger partial charge is 0.385 e. The summed E-state index contributed by atoms with van der Waals surface area (Å²) in [7, 11) is 0. The monoisotopic (exact) mass is 106 g/mol. The van der Waals surface area contributed by atoms with Crippen LogP contribution < -0.4 is 0 Å². The normalized spacial score (nSPS) is 9.12. The van der Waals surface area contributed by atoms with Crippen LogP contribution in [0.2, 0.25) is 0 Å². The van der Waals surface area contributed by atoms with Gasteiger partial charge < -0.3 is 5.11 Å². The van der Waals surface area contributed by atoms with E-state index in [9.17, 15) is 0 Å². The van der Waals surface area contributed by atoms with E-state index >= 15 is 0 Å². The molecule has 1 nitrogen and oxygen atoms in total. The van der Waals surface area contributed by atoms with Crippen molar-refractivity contribution in [2.24, 2.45) is 0 Å². The number of aliphatic hydroxyl groups excluding tert-OH is 1. The lowest BCUT2D eigenvalue weighted by Gasteiger charge is -1.87. The minimum Gasteiger partial charge on any atom is -0.385 e. The number of hydrogen-bond acceptors (Lipinski definition) is 1. The topological polar surface area (TPSA) is 20.2 Å². The first-order chi connectivity index (χ1) is 3.93. The van der Waals surface area contributed by atoms with Crippen molar-refractivity contribution in [2.45, 2.75) is 0 Å². The maximum atomic E-state index is 8.38. The third kappa shape index (κ3) is 1.07. The summed E-state index contributed by atoms with van der Waals surface area (Å²) in [6.07, 6.45) is 0. The third-order valence-corrected chi connectivity index (χ3v) is 0.872. The second-order valence-corrected chi connectivity index (χ2v) is 1.45. The average molecular weight is 106 g/mol. The Morgan fingerprint density at radius 1 is 1.50 bits per heavy atom. The van der Waals surface area contributed by atoms with Gasteiger partial charge in [-0.1, -0.05) is 24.3 Å². The molecule has 1 aromatic carbocycles. The van der Waals surface area contributed by atoms with Crippen LogP contribution in [0, 0.1) is 12.7 Å². The minimum absolute atomic E-state index is 0.715. The predicted molar refractivity (Wildman–Crippen MR) is 30.6 cm³/mol. The highest BCUT2D eigenvalue weighted by Gasteiger charge is 1.83. The molecular formula is C7H6O. The van der Waals surface area contributed by atoms with Crippen LogP contribution in [0.4, 0.5) is 0 Å². The van der Waals surface area contributed by atoms with Crippen molar-refractivity contribution in [1.82, 2.24) is 0 Å². The summed E-state index contributed by atoms with van der Waals surface area (Å²) in [5.74, 6) is 0. The summed E-state index contributed by atoms with van der Waals surface area (Å²) in [5, 5.41) is 8.38. The van der Waals surface area contributed by atoms with Crippen molar-refractivity contribution in [3.63, 3.8) is 0 Å². The van der Waals surface area contributed by atoms with Crippen LogP contribution in [0.15, 0.2) is 24.3 Å². The van der Waals surface area contributed by atoms with Crippen LogP contribution in [-0.2, 0) is 0 Å². The molecule has 8 heavy (non-hydrogen) atoms. The molecule has 1 rings (SSSR count). The molecular weight excluding hydrogens is 100 g/mol. The average Bonchev–Trinajstić information content (AvgIpc) is 1.90. The maximum absolute atomic E-state index is 8.38. The van der Waals surface area contributed by atoms with Crippen LogP contribution in [0.3, 0.4) is 0 Å². The summed E-state index contributed by atoms with van der Waals surface area (Å²) >= 11 is 0. The van der Waals surface area contributed by atoms with E-state index in [0.29, 0.717) is 5.56 Å². The summed E-state index contributed by atoms with van der Waals surface area (Å²) in [5.41, 5.74) is 0.715. The first kappa shape index (κ1) is 5.32. The molecule has 0 unspecified atom stereocenters. The highest BCUT2D eigenvalue weighted by molar-refractivity contribution is 5.17. The molecule has 0 aliphatic carbocycles. The molecule has 1 aromatic rings. The molecule has 2 radical (unpaired) electrons. The van der Waals surface area contributed by atoms with Crippen molar-refractivity contribution in [3.8, 4) is 0 Å². The van der Waals surface area contributed by atoms with Gasteiger partial charge in [-0.15, -0.1) is 0 Å². The van der Waals surface area contributed by atoms with Gasteiger partial charge in [0.15, 0.2) is 0 Å². The highest BCUT2D eigenvalue weighted by Crippen LogP contribution is 1.96. The van der Waals surface area contributed by atoms with Crippen LogP contribution in [0.25, 0.3) is 0 Å². The second kappa shape index (κ2) is 2.48. The fourth-order valence-corrected chi connectivity index (χ4v) is 0.488. The molecule has 0 aromatic heterocycles. The maximum Gasteiger partial charge on any atom is 0.110 e. The molecule has 1 heteroatoms. The summed E-state index contributed by atoms with van der Waals surface area (Å²) in [6.45, 7) is 1.03. The zero-order chi connectivity index (χ0) is 5.82. The number of rotatable bonds is 1. The Morgan fingerprint density at radius 2 is 2.38 bits per heavy atom. The summed E-state index contributed by atoms with van der Waals surface area (Å²) < 4.78 is 0. The second-order valence-electron chi connectivity index (χ2n) is 1.45. The van der Waals surface area contributed by atoms with Crippen LogP contribution in [0.1, 0.15) is 5.56 Å². The van der Waals surface area contributed by atoms with E-state index in [1.54, 1.807) is 12.1 Å².